The number of nitrogens with two attached hydrogens (primary N) is 1. The fourth-order valence-electron chi connectivity index (χ4n) is 2.48. The Morgan fingerprint density at radius 1 is 1.26 bits per heavy atom. The Bertz CT molecular complexity index is 708. The fraction of sp³-hybridized carbons (Fsp3) is 0.375. The van der Waals surface area contributed by atoms with Crippen LogP contribution in [0.3, 0.4) is 0 Å². The predicted molar refractivity (Wildman–Crippen MR) is 92.6 cm³/mol. The Kier molecular flexibility index (Phi) is 4.58. The van der Waals surface area contributed by atoms with Gasteiger partial charge in [-0.15, -0.1) is 10.2 Å². The molecule has 2 heterocycles. The van der Waals surface area contributed by atoms with Crippen molar-refractivity contribution in [2.75, 3.05) is 12.5 Å². The monoisotopic (exact) mass is 331 g/mol. The highest BCUT2D eigenvalue weighted by Gasteiger charge is 2.22. The lowest BCUT2D eigenvalue weighted by atomic mass is 10.0. The third-order valence-corrected chi connectivity index (χ3v) is 4.46. The van der Waals surface area contributed by atoms with E-state index in [1.54, 1.807) is 7.11 Å². The Hall–Kier alpha value is -1.99. The highest BCUT2D eigenvalue weighted by molar-refractivity contribution is 8.02. The van der Waals surface area contributed by atoms with E-state index in [-0.39, 0.29) is 6.04 Å². The maximum atomic E-state index is 6.28. The maximum absolute atomic E-state index is 6.28. The highest BCUT2D eigenvalue weighted by atomic mass is 32.2. The van der Waals surface area contributed by atoms with Crippen LogP contribution in [-0.2, 0) is 0 Å². The van der Waals surface area contributed by atoms with Gasteiger partial charge < -0.3 is 10.5 Å². The van der Waals surface area contributed by atoms with Crippen LogP contribution in [0.15, 0.2) is 34.8 Å². The van der Waals surface area contributed by atoms with Crippen molar-refractivity contribution in [3.8, 4) is 5.75 Å². The quantitative estimate of drug-likeness (QED) is 0.877. The van der Waals surface area contributed by atoms with Crippen molar-refractivity contribution in [1.82, 2.24) is 14.9 Å². The Balaban J connectivity index is 1.83. The van der Waals surface area contributed by atoms with Crippen LogP contribution in [0.4, 0.5) is 0 Å². The third-order valence-electron chi connectivity index (χ3n) is 3.63. The van der Waals surface area contributed by atoms with E-state index in [4.69, 9.17) is 10.5 Å². The molecule has 0 amide bonds. The first-order valence-corrected chi connectivity index (χ1v) is 8.45. The normalized spacial score (nSPS) is 14.9. The molecule has 0 unspecified atom stereocenters. The first kappa shape index (κ1) is 15.9. The second kappa shape index (κ2) is 6.64. The number of hydrogen-bond acceptors (Lipinski definition) is 6. The van der Waals surface area contributed by atoms with Crippen LogP contribution in [0.5, 0.6) is 5.75 Å². The summed E-state index contributed by atoms with van der Waals surface area (Å²) in [5, 5.41) is 11.3. The number of nitrogens with one attached hydrogen (secondary N) is 1. The van der Waals surface area contributed by atoms with Gasteiger partial charge in [0.2, 0.25) is 5.16 Å². The van der Waals surface area contributed by atoms with E-state index in [1.165, 1.54) is 11.8 Å². The van der Waals surface area contributed by atoms with Crippen molar-refractivity contribution in [2.24, 2.45) is 11.7 Å². The number of nitrogens with zero attached hydrogens (tertiary/aromatic N) is 3. The van der Waals surface area contributed by atoms with Crippen molar-refractivity contribution in [2.45, 2.75) is 31.5 Å². The minimum atomic E-state index is -0.139. The van der Waals surface area contributed by atoms with Gasteiger partial charge in [-0.3, -0.25) is 5.43 Å². The lowest BCUT2D eigenvalue weighted by molar-refractivity contribution is 0.415. The number of fused-ring (bicyclic) bond motifs is 1. The topological polar surface area (TPSA) is 78.0 Å². The SMILES string of the molecule is COc1ccc(C2=CSc3nnc([C@@H](N)CC(C)C)n3N2)cc1. The molecule has 0 saturated carbocycles. The Labute approximate surface area is 140 Å². The van der Waals surface area contributed by atoms with Gasteiger partial charge in [-0.05, 0) is 36.6 Å². The van der Waals surface area contributed by atoms with Crippen molar-refractivity contribution in [1.29, 1.82) is 0 Å². The van der Waals surface area contributed by atoms with E-state index in [9.17, 15) is 0 Å². The summed E-state index contributed by atoms with van der Waals surface area (Å²) in [4.78, 5) is 0. The first-order valence-electron chi connectivity index (χ1n) is 7.57. The molecule has 3 N–H and O–H groups in total. The molecule has 1 aliphatic heterocycles. The van der Waals surface area contributed by atoms with Crippen LogP contribution >= 0.6 is 11.8 Å². The summed E-state index contributed by atoms with van der Waals surface area (Å²) < 4.78 is 7.09. The molecular weight excluding hydrogens is 310 g/mol. The van der Waals surface area contributed by atoms with Crippen LogP contribution in [0.2, 0.25) is 0 Å². The maximum Gasteiger partial charge on any atom is 0.214 e. The Morgan fingerprint density at radius 2 is 2.00 bits per heavy atom. The zero-order chi connectivity index (χ0) is 16.4. The van der Waals surface area contributed by atoms with Crippen LogP contribution in [0, 0.1) is 5.92 Å². The van der Waals surface area contributed by atoms with Gasteiger partial charge in [-0.1, -0.05) is 25.6 Å². The predicted octanol–water partition coefficient (Wildman–Crippen LogP) is 2.98. The molecule has 0 aliphatic carbocycles. The number of benzene rings is 1. The van der Waals surface area contributed by atoms with E-state index < -0.39 is 0 Å². The summed E-state index contributed by atoms with van der Waals surface area (Å²) >= 11 is 1.54. The highest BCUT2D eigenvalue weighted by Crippen LogP contribution is 2.31. The molecule has 122 valence electrons. The fourth-order valence-corrected chi connectivity index (χ4v) is 3.22. The zero-order valence-electron chi connectivity index (χ0n) is 13.5. The summed E-state index contributed by atoms with van der Waals surface area (Å²) in [6, 6.07) is 7.77. The van der Waals surface area contributed by atoms with Gasteiger partial charge in [0.1, 0.15) is 5.75 Å². The van der Waals surface area contributed by atoms with E-state index in [0.717, 1.165) is 34.4 Å². The number of ether oxygens (including phenoxy) is 1. The van der Waals surface area contributed by atoms with Crippen LogP contribution in [-0.4, -0.2) is 22.0 Å². The van der Waals surface area contributed by atoms with Crippen molar-refractivity contribution >= 4 is 17.5 Å². The Morgan fingerprint density at radius 3 is 2.65 bits per heavy atom. The minimum absolute atomic E-state index is 0.139. The van der Waals surface area contributed by atoms with Gasteiger partial charge in [-0.25, -0.2) is 4.68 Å². The molecule has 2 aromatic rings. The number of hydrogen-bond donors (Lipinski definition) is 2. The van der Waals surface area contributed by atoms with E-state index >= 15 is 0 Å². The second-order valence-electron chi connectivity index (χ2n) is 5.90. The summed E-state index contributed by atoms with van der Waals surface area (Å²) in [5.74, 6) is 2.11. The smallest absolute Gasteiger partial charge is 0.214 e. The summed E-state index contributed by atoms with van der Waals surface area (Å²) in [5.41, 5.74) is 11.7. The van der Waals surface area contributed by atoms with Crippen LogP contribution < -0.4 is 15.9 Å². The molecule has 0 fully saturated rings. The number of thioether (sulfide) groups is 1. The van der Waals surface area contributed by atoms with Gasteiger partial charge >= 0.3 is 0 Å². The molecule has 1 atom stereocenters. The summed E-state index contributed by atoms with van der Waals surface area (Å²) in [6.45, 7) is 4.30. The molecule has 0 spiro atoms. The van der Waals surface area contributed by atoms with Gasteiger partial charge in [0.25, 0.3) is 0 Å². The van der Waals surface area contributed by atoms with Gasteiger partial charge in [0, 0.05) is 11.0 Å². The molecule has 23 heavy (non-hydrogen) atoms. The van der Waals surface area contributed by atoms with Crippen LogP contribution in [0.1, 0.15) is 37.7 Å². The minimum Gasteiger partial charge on any atom is -0.497 e. The molecule has 0 saturated heterocycles. The van der Waals surface area contributed by atoms with Crippen LogP contribution in [0.25, 0.3) is 5.70 Å². The van der Waals surface area contributed by atoms with Gasteiger partial charge in [0.15, 0.2) is 5.82 Å². The average Bonchev–Trinajstić information content (AvgIpc) is 2.97. The molecule has 1 aromatic heterocycles. The molecule has 6 nitrogen and oxygen atoms in total. The molecule has 1 aromatic carbocycles. The number of methoxy groups -OCH3 is 1. The summed E-state index contributed by atoms with van der Waals surface area (Å²) in [6.07, 6.45) is 0.867. The third kappa shape index (κ3) is 3.35. The average molecular weight is 331 g/mol. The van der Waals surface area contributed by atoms with Crippen molar-refractivity contribution in [3.05, 3.63) is 41.1 Å². The van der Waals surface area contributed by atoms with Gasteiger partial charge in [-0.2, -0.15) is 0 Å². The number of rotatable bonds is 5. The molecular formula is C16H21N5OS. The second-order valence-corrected chi connectivity index (χ2v) is 6.74. The van der Waals surface area contributed by atoms with Crippen molar-refractivity contribution < 1.29 is 4.74 Å². The lowest BCUT2D eigenvalue weighted by Crippen LogP contribution is -2.25. The standard InChI is InChI=1S/C16H21N5OS/c1-10(2)8-13(17)15-18-19-16-21(15)20-14(9-23-16)11-4-6-12(22-3)7-5-11/h4-7,9-10,13,20H,8,17H2,1-3H3/t13-/m0/s1. The molecule has 7 heteroatoms. The first-order chi connectivity index (χ1) is 11.1. The van der Waals surface area contributed by atoms with Crippen molar-refractivity contribution in [3.63, 3.8) is 0 Å². The zero-order valence-corrected chi connectivity index (χ0v) is 14.3. The van der Waals surface area contributed by atoms with Gasteiger partial charge in [0.05, 0.1) is 18.8 Å². The largest absolute Gasteiger partial charge is 0.497 e. The molecule has 0 bridgehead atoms. The molecule has 3 rings (SSSR count). The van der Waals surface area contributed by atoms with E-state index in [1.807, 2.05) is 34.3 Å². The number of aromatic nitrogens is 3. The molecule has 1 aliphatic rings. The van der Waals surface area contributed by atoms with E-state index in [0.29, 0.717) is 5.92 Å². The van der Waals surface area contributed by atoms with E-state index in [2.05, 4.69) is 29.5 Å². The summed E-state index contributed by atoms with van der Waals surface area (Å²) in [7, 11) is 1.66. The molecule has 0 radical (unpaired) electrons. The lowest BCUT2D eigenvalue weighted by Gasteiger charge is -2.21.